The Bertz CT molecular complexity index is 1040. The van der Waals surface area contributed by atoms with Crippen LogP contribution in [0.4, 0.5) is 0 Å². The summed E-state index contributed by atoms with van der Waals surface area (Å²) in [4.78, 5) is 2.25. The number of nitrogens with zero attached hydrogens (tertiary/aromatic N) is 3. The van der Waals surface area contributed by atoms with Gasteiger partial charge in [0.05, 0.1) is 35.3 Å². The molecule has 0 spiro atoms. The van der Waals surface area contributed by atoms with Crippen LogP contribution in [0.25, 0.3) is 5.69 Å². The smallest absolute Gasteiger partial charge is 0.227 e. The van der Waals surface area contributed by atoms with Gasteiger partial charge in [-0.15, -0.1) is 0 Å². The average molecular weight is 466 g/mol. The van der Waals surface area contributed by atoms with Crippen molar-refractivity contribution in [1.82, 2.24) is 14.7 Å². The van der Waals surface area contributed by atoms with E-state index in [-0.39, 0.29) is 5.60 Å². The van der Waals surface area contributed by atoms with Gasteiger partial charge in [-0.3, -0.25) is 4.90 Å². The van der Waals surface area contributed by atoms with Crippen molar-refractivity contribution in [3.8, 4) is 17.3 Å². The topological polar surface area (TPSA) is 59.8 Å². The zero-order valence-corrected chi connectivity index (χ0v) is 21.4. The highest BCUT2D eigenvalue weighted by atomic mass is 16.5. The molecule has 0 bridgehead atoms. The molecule has 184 valence electrons. The number of aryl methyl sites for hydroxylation is 2. The molecular weight excluding hydrogens is 426 g/mol. The number of ether oxygens (including phenoxy) is 2. The Morgan fingerprint density at radius 3 is 2.44 bits per heavy atom. The molecule has 0 radical (unpaired) electrons. The Balaban J connectivity index is 1.91. The van der Waals surface area contributed by atoms with Gasteiger partial charge in [0, 0.05) is 13.1 Å². The van der Waals surface area contributed by atoms with Crippen LogP contribution in [0.3, 0.4) is 0 Å². The molecule has 2 aromatic carbocycles. The van der Waals surface area contributed by atoms with Crippen molar-refractivity contribution in [1.29, 1.82) is 0 Å². The number of aliphatic hydroxyl groups excluding tert-OH is 1. The van der Waals surface area contributed by atoms with E-state index in [0.29, 0.717) is 25.6 Å². The summed E-state index contributed by atoms with van der Waals surface area (Å²) in [5.74, 6) is 1.48. The van der Waals surface area contributed by atoms with Crippen molar-refractivity contribution in [2.24, 2.45) is 0 Å². The molecule has 3 rings (SSSR count). The molecule has 1 aromatic heterocycles. The maximum absolute atomic E-state index is 10.7. The van der Waals surface area contributed by atoms with E-state index in [2.05, 4.69) is 24.8 Å². The van der Waals surface area contributed by atoms with E-state index in [9.17, 15) is 5.11 Å². The quantitative estimate of drug-likeness (QED) is 0.395. The average Bonchev–Trinajstić information content (AvgIpc) is 3.08. The number of hydrogen-bond donors (Lipinski definition) is 1. The first-order chi connectivity index (χ1) is 16.2. The molecule has 1 unspecified atom stereocenters. The molecule has 34 heavy (non-hydrogen) atoms. The van der Waals surface area contributed by atoms with E-state index < -0.39 is 6.10 Å². The molecule has 0 aliphatic carbocycles. The van der Waals surface area contributed by atoms with E-state index in [1.165, 1.54) is 0 Å². The van der Waals surface area contributed by atoms with Crippen LogP contribution >= 0.6 is 0 Å². The second kappa shape index (κ2) is 11.6. The van der Waals surface area contributed by atoms with Gasteiger partial charge in [0.25, 0.3) is 0 Å². The van der Waals surface area contributed by atoms with Crippen molar-refractivity contribution in [3.63, 3.8) is 0 Å². The maximum atomic E-state index is 10.7. The fourth-order valence-corrected chi connectivity index (χ4v) is 3.83. The van der Waals surface area contributed by atoms with Gasteiger partial charge >= 0.3 is 0 Å². The van der Waals surface area contributed by atoms with Crippen molar-refractivity contribution >= 4 is 0 Å². The minimum Gasteiger partial charge on any atom is -0.439 e. The number of rotatable bonds is 11. The van der Waals surface area contributed by atoms with Crippen LogP contribution in [0.1, 0.15) is 50.9 Å². The van der Waals surface area contributed by atoms with Gasteiger partial charge in [-0.25, -0.2) is 4.68 Å². The highest BCUT2D eigenvalue weighted by Gasteiger charge is 2.23. The normalized spacial score (nSPS) is 12.8. The van der Waals surface area contributed by atoms with Crippen molar-refractivity contribution in [3.05, 3.63) is 71.4 Å². The summed E-state index contributed by atoms with van der Waals surface area (Å²) in [6.07, 6.45) is 0.406. The fourth-order valence-electron chi connectivity index (χ4n) is 3.83. The Morgan fingerprint density at radius 1 is 1.06 bits per heavy atom. The third-order valence-electron chi connectivity index (χ3n) is 5.44. The van der Waals surface area contributed by atoms with E-state index >= 15 is 0 Å². The van der Waals surface area contributed by atoms with E-state index in [4.69, 9.17) is 14.6 Å². The van der Waals surface area contributed by atoms with Crippen LogP contribution in [0.2, 0.25) is 0 Å². The predicted octanol–water partition coefficient (Wildman–Crippen LogP) is 5.67. The molecular formula is C28H39N3O3. The zero-order valence-electron chi connectivity index (χ0n) is 21.4. The lowest BCUT2D eigenvalue weighted by Gasteiger charge is -2.27. The third kappa shape index (κ3) is 7.42. The number of benzene rings is 2. The molecule has 1 heterocycles. The fraction of sp³-hybridized carbons (Fsp3) is 0.464. The Morgan fingerprint density at radius 2 is 1.79 bits per heavy atom. The van der Waals surface area contributed by atoms with Crippen LogP contribution in [0.15, 0.2) is 54.6 Å². The van der Waals surface area contributed by atoms with Gasteiger partial charge < -0.3 is 14.6 Å². The number of aromatic nitrogens is 2. The van der Waals surface area contributed by atoms with Crippen LogP contribution in [-0.4, -0.2) is 51.2 Å². The van der Waals surface area contributed by atoms with Crippen LogP contribution in [0, 0.1) is 13.8 Å². The zero-order chi connectivity index (χ0) is 24.7. The SMILES string of the molecule is CCCN(Cc1c(C)nn(-c2ccccc2)c1Oc1cccc(C)c1)CC(O)COC(C)(C)C. The van der Waals surface area contributed by atoms with Crippen molar-refractivity contribution in [2.75, 3.05) is 19.7 Å². The van der Waals surface area contributed by atoms with E-state index in [0.717, 1.165) is 41.2 Å². The Hall–Kier alpha value is -2.67. The summed E-state index contributed by atoms with van der Waals surface area (Å²) in [7, 11) is 0. The molecule has 3 aromatic rings. The Labute approximate surface area is 204 Å². The monoisotopic (exact) mass is 465 g/mol. The summed E-state index contributed by atoms with van der Waals surface area (Å²) >= 11 is 0. The van der Waals surface area contributed by atoms with Crippen molar-refractivity contribution in [2.45, 2.75) is 66.2 Å². The van der Waals surface area contributed by atoms with Crippen molar-refractivity contribution < 1.29 is 14.6 Å². The van der Waals surface area contributed by atoms with Gasteiger partial charge in [-0.2, -0.15) is 5.10 Å². The molecule has 1 atom stereocenters. The van der Waals surface area contributed by atoms with Gasteiger partial charge in [-0.05, 0) is 77.4 Å². The highest BCUT2D eigenvalue weighted by Crippen LogP contribution is 2.32. The molecule has 1 N–H and O–H groups in total. The molecule has 0 saturated heterocycles. The summed E-state index contributed by atoms with van der Waals surface area (Å²) in [6.45, 7) is 14.5. The Kier molecular flexibility index (Phi) is 8.89. The first-order valence-electron chi connectivity index (χ1n) is 12.1. The molecule has 6 heteroatoms. The number of para-hydroxylation sites is 1. The first-order valence-corrected chi connectivity index (χ1v) is 12.1. The predicted molar refractivity (Wildman–Crippen MR) is 137 cm³/mol. The summed E-state index contributed by atoms with van der Waals surface area (Å²) in [5.41, 5.74) is 3.73. The van der Waals surface area contributed by atoms with Crippen LogP contribution in [-0.2, 0) is 11.3 Å². The van der Waals surface area contributed by atoms with Gasteiger partial charge in [0.2, 0.25) is 5.88 Å². The van der Waals surface area contributed by atoms with E-state index in [1.807, 2.05) is 80.9 Å². The standard InChI is InChI=1S/C28H39N3O3/c1-7-16-30(18-24(32)20-33-28(4,5)6)19-26-22(3)29-31(23-13-9-8-10-14-23)27(26)34-25-15-11-12-21(2)17-25/h8-15,17,24,32H,7,16,18-20H2,1-6H3. The molecule has 0 aliphatic rings. The minimum atomic E-state index is -0.573. The van der Waals surface area contributed by atoms with Crippen LogP contribution in [0.5, 0.6) is 11.6 Å². The van der Waals surface area contributed by atoms with Crippen LogP contribution < -0.4 is 4.74 Å². The second-order valence-corrected chi connectivity index (χ2v) is 9.85. The lowest BCUT2D eigenvalue weighted by atomic mass is 10.2. The molecule has 0 aliphatic heterocycles. The van der Waals surface area contributed by atoms with Gasteiger partial charge in [0.15, 0.2) is 0 Å². The lowest BCUT2D eigenvalue weighted by Crippen LogP contribution is -2.37. The first kappa shape index (κ1) is 25.9. The second-order valence-electron chi connectivity index (χ2n) is 9.85. The van der Waals surface area contributed by atoms with Gasteiger partial charge in [0.1, 0.15) is 5.75 Å². The summed E-state index contributed by atoms with van der Waals surface area (Å²) in [6, 6.07) is 18.1. The summed E-state index contributed by atoms with van der Waals surface area (Å²) in [5, 5.41) is 15.5. The molecule has 6 nitrogen and oxygen atoms in total. The third-order valence-corrected chi connectivity index (χ3v) is 5.44. The van der Waals surface area contributed by atoms with E-state index in [1.54, 1.807) is 0 Å². The van der Waals surface area contributed by atoms with Gasteiger partial charge in [-0.1, -0.05) is 37.3 Å². The minimum absolute atomic E-state index is 0.279. The molecule has 0 saturated carbocycles. The number of aliphatic hydroxyl groups is 1. The summed E-state index contributed by atoms with van der Waals surface area (Å²) < 4.78 is 14.1. The number of hydrogen-bond acceptors (Lipinski definition) is 5. The maximum Gasteiger partial charge on any atom is 0.227 e. The highest BCUT2D eigenvalue weighted by molar-refractivity contribution is 5.43. The molecule has 0 amide bonds. The largest absolute Gasteiger partial charge is 0.439 e. The molecule has 0 fully saturated rings. The lowest BCUT2D eigenvalue weighted by molar-refractivity contribution is -0.0567.